The highest BCUT2D eigenvalue weighted by Gasteiger charge is 2.40. The molecule has 0 spiro atoms. The third-order valence-corrected chi connectivity index (χ3v) is 16.3. The van der Waals surface area contributed by atoms with E-state index in [9.17, 15) is 12.6 Å². The van der Waals surface area contributed by atoms with Crippen LogP contribution in [0, 0.1) is 0 Å². The average molecular weight is 598 g/mol. The molecule has 5 atom stereocenters. The highest BCUT2D eigenvalue weighted by Crippen LogP contribution is 2.81. The summed E-state index contributed by atoms with van der Waals surface area (Å²) in [6.45, 7) is 2.84. The quantitative estimate of drug-likeness (QED) is 0.204. The van der Waals surface area contributed by atoms with Crippen LogP contribution in [0.5, 0.6) is 0 Å². The van der Waals surface area contributed by atoms with Crippen molar-refractivity contribution in [1.29, 1.82) is 0 Å². The van der Waals surface area contributed by atoms with Crippen molar-refractivity contribution in [2.75, 3.05) is 33.1 Å². The molecule has 0 N–H and O–H groups in total. The molecule has 10 nitrogen and oxygen atoms in total. The first-order valence-corrected chi connectivity index (χ1v) is 18.3. The van der Waals surface area contributed by atoms with E-state index >= 15 is 16.8 Å². The van der Waals surface area contributed by atoms with Gasteiger partial charge in [0.05, 0.1) is 26.4 Å². The zero-order valence-electron chi connectivity index (χ0n) is 17.5. The van der Waals surface area contributed by atoms with Crippen LogP contribution in [-0.2, 0) is 18.1 Å². The van der Waals surface area contributed by atoms with Crippen molar-refractivity contribution in [3.63, 3.8) is 0 Å². The van der Waals surface area contributed by atoms with Crippen molar-refractivity contribution in [3.05, 3.63) is 0 Å². The van der Waals surface area contributed by atoms with Crippen LogP contribution in [0.1, 0.15) is 27.7 Å². The molecule has 0 aromatic heterocycles. The molecule has 0 saturated heterocycles. The van der Waals surface area contributed by atoms with Gasteiger partial charge in [-0.2, -0.15) is 30.0 Å². The van der Waals surface area contributed by atoms with Gasteiger partial charge in [-0.05, 0) is 27.7 Å². The van der Waals surface area contributed by atoms with Gasteiger partial charge in [0.1, 0.15) is 0 Å². The molecule has 0 aliphatic carbocycles. The van der Waals surface area contributed by atoms with Gasteiger partial charge in [0, 0.05) is 6.66 Å². The minimum atomic E-state index is -6.28. The van der Waals surface area contributed by atoms with Crippen molar-refractivity contribution in [2.24, 2.45) is 27.1 Å². The van der Waals surface area contributed by atoms with Crippen LogP contribution in [-0.4, -0.2) is 33.1 Å². The van der Waals surface area contributed by atoms with Crippen LogP contribution in [0.4, 0.5) is 29.4 Å². The summed E-state index contributed by atoms with van der Waals surface area (Å²) in [4.78, 5) is 0. The molecule has 1 aliphatic heterocycles. The summed E-state index contributed by atoms with van der Waals surface area (Å²) in [6.07, 6.45) is 0. The van der Waals surface area contributed by atoms with Crippen LogP contribution >= 0.6 is 46.3 Å². The molecule has 0 saturated carbocycles. The minimum absolute atomic E-state index is 0.379. The van der Waals surface area contributed by atoms with Gasteiger partial charge in [0.2, 0.25) is 7.52 Å². The molecule has 1 aliphatic rings. The van der Waals surface area contributed by atoms with Crippen LogP contribution in [0.3, 0.4) is 0 Å². The summed E-state index contributed by atoms with van der Waals surface area (Å²) >= 11 is 0. The summed E-state index contributed by atoms with van der Waals surface area (Å²) < 4.78 is 139. The molecule has 1 rings (SSSR count). The molecule has 1 heterocycles. The molecule has 0 aromatic rings. The molecule has 23 heteroatoms. The van der Waals surface area contributed by atoms with Crippen LogP contribution in [0.2, 0.25) is 0 Å². The molecular weight excluding hydrogens is 575 g/mol. The van der Waals surface area contributed by atoms with Gasteiger partial charge in [-0.15, -0.1) is 26.5 Å². The second-order valence-electron chi connectivity index (χ2n) is 5.36. The number of hydrogen-bond donors (Lipinski definition) is 0. The van der Waals surface area contributed by atoms with Crippen molar-refractivity contribution >= 4 is 46.3 Å². The van der Waals surface area contributed by atoms with Gasteiger partial charge >= 0.3 is 38.8 Å². The Kier molecular flexibility index (Phi) is 11.2. The van der Waals surface area contributed by atoms with E-state index in [2.05, 4.69) is 45.2 Å². The molecule has 5 unspecified atom stereocenters. The van der Waals surface area contributed by atoms with Gasteiger partial charge in [0.25, 0.3) is 0 Å². The third-order valence-electron chi connectivity index (χ3n) is 2.60. The van der Waals surface area contributed by atoms with E-state index in [1.165, 1.54) is 20.8 Å². The lowest BCUT2D eigenvalue weighted by atomic mass is 10.9. The Bertz CT molecular complexity index is 999. The Morgan fingerprint density at radius 3 is 1.06 bits per heavy atom. The monoisotopic (exact) mass is 598 g/mol. The second-order valence-corrected chi connectivity index (χ2v) is 17.0. The fraction of sp³-hybridized carbons (Fsp3) is 1.00. The molecule has 0 bridgehead atoms. The van der Waals surface area contributed by atoms with E-state index in [4.69, 9.17) is 0 Å². The summed E-state index contributed by atoms with van der Waals surface area (Å²) in [5.74, 6) is 0. The van der Waals surface area contributed by atoms with E-state index in [0.29, 0.717) is 6.66 Å². The van der Waals surface area contributed by atoms with Gasteiger partial charge in [0.15, 0.2) is 0 Å². The average Bonchev–Trinajstić information content (AvgIpc) is 2.49. The number of rotatable bonds is 8. The normalized spacial score (nSPS) is 40.1. The van der Waals surface area contributed by atoms with Crippen LogP contribution < -0.4 is 0 Å². The number of hydrogen-bond acceptors (Lipinski definition) is 10. The Balaban J connectivity index is 4.32. The van der Waals surface area contributed by atoms with Crippen LogP contribution in [0.25, 0.3) is 0 Å². The molecule has 0 fully saturated rings. The maximum Gasteiger partial charge on any atom is 0.423 e. The van der Waals surface area contributed by atoms with Crippen molar-refractivity contribution in [3.8, 4) is 0 Å². The predicted molar refractivity (Wildman–Crippen MR) is 116 cm³/mol. The highest BCUT2D eigenvalue weighted by molar-refractivity contribution is 7.79. The summed E-state index contributed by atoms with van der Waals surface area (Å²) in [6, 6.07) is 0. The lowest BCUT2D eigenvalue weighted by Gasteiger charge is -2.20. The minimum Gasteiger partial charge on any atom is -0.303 e. The summed E-state index contributed by atoms with van der Waals surface area (Å²) in [5, 5.41) is 0. The Morgan fingerprint density at radius 1 is 0.469 bits per heavy atom. The first kappa shape index (κ1) is 30.8. The van der Waals surface area contributed by atoms with Crippen molar-refractivity contribution in [2.45, 2.75) is 27.7 Å². The molecular formula is C9H23F7N6O4P6. The maximum absolute atomic E-state index is 15.4. The SMILES string of the molecule is CCOP1(F)=NP(F)(F)=NP(C)(F)=NP(F)(OCC)=NP(F)(OCC)=NP(F)(OCC)=N1. The third kappa shape index (κ3) is 9.77. The largest absolute Gasteiger partial charge is 0.423 e. The van der Waals surface area contributed by atoms with E-state index in [1.807, 2.05) is 0 Å². The van der Waals surface area contributed by atoms with E-state index < -0.39 is 72.7 Å². The summed E-state index contributed by atoms with van der Waals surface area (Å²) in [7, 11) is -33.4. The van der Waals surface area contributed by atoms with E-state index in [-0.39, 0.29) is 0 Å². The topological polar surface area (TPSA) is 111 Å². The number of halogens is 7. The second kappa shape index (κ2) is 11.6. The van der Waals surface area contributed by atoms with E-state index in [0.717, 1.165) is 6.92 Å². The van der Waals surface area contributed by atoms with Gasteiger partial charge < -0.3 is 18.1 Å². The van der Waals surface area contributed by atoms with Crippen LogP contribution in [0.15, 0.2) is 27.1 Å². The predicted octanol–water partition coefficient (Wildman–Crippen LogP) is 11.3. The van der Waals surface area contributed by atoms with Crippen molar-refractivity contribution < 1.29 is 47.5 Å². The van der Waals surface area contributed by atoms with Gasteiger partial charge in [-0.1, -0.05) is 0 Å². The zero-order valence-corrected chi connectivity index (χ0v) is 22.8. The van der Waals surface area contributed by atoms with E-state index in [1.54, 1.807) is 0 Å². The molecule has 0 amide bonds. The standard InChI is InChI=1S/C9H23F7N6O4P6/c1-6-23-29(13)18-27(5,10)17-28(11,12)19-30(14,24-7-2)21-32(16,26-9-4)22-31(15,20-29)25-8-3/h6-9H2,1-5H3. The first-order valence-electron chi connectivity index (χ1n) is 8.74. The van der Waals surface area contributed by atoms with Gasteiger partial charge in [-0.3, -0.25) is 0 Å². The molecule has 0 radical (unpaired) electrons. The lowest BCUT2D eigenvalue weighted by molar-refractivity contribution is 0.331. The molecule has 192 valence electrons. The van der Waals surface area contributed by atoms with Crippen molar-refractivity contribution in [1.82, 2.24) is 0 Å². The number of nitrogens with zero attached hydrogens (tertiary/aromatic N) is 6. The molecule has 32 heavy (non-hydrogen) atoms. The Morgan fingerprint density at radius 2 is 0.750 bits per heavy atom. The zero-order chi connectivity index (χ0) is 24.9. The Labute approximate surface area is 182 Å². The van der Waals surface area contributed by atoms with Gasteiger partial charge in [-0.25, -0.2) is 0 Å². The highest BCUT2D eigenvalue weighted by atomic mass is 31.3. The maximum atomic E-state index is 15.4. The Hall–Kier alpha value is 0.730. The first-order chi connectivity index (χ1) is 14.5. The molecule has 0 aromatic carbocycles. The lowest BCUT2D eigenvalue weighted by Crippen LogP contribution is -1.89. The fourth-order valence-corrected chi connectivity index (χ4v) is 15.2. The smallest absolute Gasteiger partial charge is 0.303 e. The fourth-order valence-electron chi connectivity index (χ4n) is 1.91. The summed E-state index contributed by atoms with van der Waals surface area (Å²) in [5.41, 5.74) is 0.